The first-order chi connectivity index (χ1) is 12.3. The highest BCUT2D eigenvalue weighted by atomic mass is 35.5. The Balaban J connectivity index is 1.76. The number of benzene rings is 2. The van der Waals surface area contributed by atoms with Crippen molar-refractivity contribution in [2.24, 2.45) is 0 Å². The molecule has 0 fully saturated rings. The maximum Gasteiger partial charge on any atom is 0.316 e. The lowest BCUT2D eigenvalue weighted by atomic mass is 10.2. The second-order valence-corrected chi connectivity index (χ2v) is 7.37. The molecule has 0 radical (unpaired) electrons. The first-order valence-electron chi connectivity index (χ1n) is 7.66. The number of hydrogen-bond donors (Lipinski definition) is 1. The Morgan fingerprint density at radius 1 is 1.12 bits per heavy atom. The van der Waals surface area contributed by atoms with E-state index in [1.807, 2.05) is 31.1 Å². The van der Waals surface area contributed by atoms with Crippen LogP contribution in [0.25, 0.3) is 0 Å². The molecule has 0 bridgehead atoms. The van der Waals surface area contributed by atoms with Crippen LogP contribution in [0.15, 0.2) is 47.4 Å². The van der Waals surface area contributed by atoms with E-state index in [1.165, 1.54) is 11.8 Å². The molecule has 5 nitrogen and oxygen atoms in total. The summed E-state index contributed by atoms with van der Waals surface area (Å²) in [6.45, 7) is -0.349. The van der Waals surface area contributed by atoms with E-state index in [0.717, 1.165) is 5.69 Å². The van der Waals surface area contributed by atoms with Gasteiger partial charge in [-0.15, -0.1) is 11.8 Å². The van der Waals surface area contributed by atoms with Crippen LogP contribution in [0.4, 0.5) is 11.4 Å². The standard InChI is InChI=1S/C18H18Cl2N2O3S/c1-22(2)14-6-4-13(5-7-14)21-17(23)10-25-18(24)11-26-16-9-12(19)3-8-15(16)20/h3-9H,10-11H2,1-2H3,(H,21,23). The summed E-state index contributed by atoms with van der Waals surface area (Å²) < 4.78 is 4.97. The number of rotatable bonds is 7. The monoisotopic (exact) mass is 412 g/mol. The molecule has 0 saturated carbocycles. The van der Waals surface area contributed by atoms with Crippen molar-refractivity contribution < 1.29 is 14.3 Å². The number of anilines is 2. The van der Waals surface area contributed by atoms with E-state index in [1.54, 1.807) is 30.3 Å². The predicted octanol–water partition coefficient (Wildman–Crippen LogP) is 4.33. The summed E-state index contributed by atoms with van der Waals surface area (Å²) in [6.07, 6.45) is 0. The van der Waals surface area contributed by atoms with Gasteiger partial charge >= 0.3 is 5.97 Å². The average molecular weight is 413 g/mol. The van der Waals surface area contributed by atoms with Gasteiger partial charge in [0, 0.05) is 35.4 Å². The Hall–Kier alpha value is -1.89. The van der Waals surface area contributed by atoms with Crippen LogP contribution in [0.1, 0.15) is 0 Å². The normalized spacial score (nSPS) is 10.3. The smallest absolute Gasteiger partial charge is 0.316 e. The molecule has 0 aliphatic rings. The van der Waals surface area contributed by atoms with Crippen LogP contribution >= 0.6 is 35.0 Å². The van der Waals surface area contributed by atoms with Crippen molar-refractivity contribution in [1.29, 1.82) is 0 Å². The van der Waals surface area contributed by atoms with Crippen molar-refractivity contribution in [3.05, 3.63) is 52.5 Å². The third-order valence-corrected chi connectivity index (χ3v) is 4.98. The largest absolute Gasteiger partial charge is 0.455 e. The Morgan fingerprint density at radius 3 is 2.46 bits per heavy atom. The van der Waals surface area contributed by atoms with Gasteiger partial charge in [0.1, 0.15) is 0 Å². The molecule has 0 aliphatic carbocycles. The number of carbonyl (C=O) groups excluding carboxylic acids is 2. The number of thioether (sulfide) groups is 1. The lowest BCUT2D eigenvalue weighted by molar-refractivity contribution is -0.144. The molecule has 0 aromatic heterocycles. The Kier molecular flexibility index (Phi) is 7.63. The lowest BCUT2D eigenvalue weighted by Gasteiger charge is -2.13. The number of amides is 1. The first kappa shape index (κ1) is 20.4. The van der Waals surface area contributed by atoms with Crippen molar-refractivity contribution in [2.45, 2.75) is 4.90 Å². The number of hydrogen-bond acceptors (Lipinski definition) is 5. The minimum absolute atomic E-state index is 0.0326. The molecular weight excluding hydrogens is 395 g/mol. The number of esters is 1. The maximum atomic E-state index is 11.9. The third-order valence-electron chi connectivity index (χ3n) is 3.27. The molecule has 0 spiro atoms. The van der Waals surface area contributed by atoms with E-state index < -0.39 is 11.9 Å². The molecule has 2 aromatic carbocycles. The SMILES string of the molecule is CN(C)c1ccc(NC(=O)COC(=O)CSc2cc(Cl)ccc2Cl)cc1. The summed E-state index contributed by atoms with van der Waals surface area (Å²) in [6, 6.07) is 12.3. The van der Waals surface area contributed by atoms with Crippen LogP contribution in [0, 0.1) is 0 Å². The second-order valence-electron chi connectivity index (χ2n) is 5.51. The van der Waals surface area contributed by atoms with Gasteiger partial charge in [0.2, 0.25) is 0 Å². The highest BCUT2D eigenvalue weighted by Gasteiger charge is 2.10. The van der Waals surface area contributed by atoms with E-state index in [-0.39, 0.29) is 12.4 Å². The Labute approximate surface area is 166 Å². The summed E-state index contributed by atoms with van der Waals surface area (Å²) in [4.78, 5) is 26.3. The zero-order valence-electron chi connectivity index (χ0n) is 14.3. The van der Waals surface area contributed by atoms with Gasteiger partial charge < -0.3 is 15.0 Å². The minimum Gasteiger partial charge on any atom is -0.455 e. The molecule has 0 saturated heterocycles. The van der Waals surface area contributed by atoms with Gasteiger partial charge in [0.25, 0.3) is 5.91 Å². The van der Waals surface area contributed by atoms with Crippen molar-refractivity contribution in [1.82, 2.24) is 0 Å². The molecular formula is C18H18Cl2N2O3S. The summed E-state index contributed by atoms with van der Waals surface area (Å²) in [5, 5.41) is 3.71. The first-order valence-corrected chi connectivity index (χ1v) is 9.40. The van der Waals surface area contributed by atoms with E-state index in [2.05, 4.69) is 5.32 Å². The molecule has 1 N–H and O–H groups in total. The van der Waals surface area contributed by atoms with Crippen molar-refractivity contribution in [3.63, 3.8) is 0 Å². The lowest BCUT2D eigenvalue weighted by Crippen LogP contribution is -2.21. The minimum atomic E-state index is -0.510. The van der Waals surface area contributed by atoms with Crippen molar-refractivity contribution in [2.75, 3.05) is 36.7 Å². The molecule has 1 amide bonds. The van der Waals surface area contributed by atoms with Gasteiger partial charge in [-0.05, 0) is 42.5 Å². The molecule has 2 rings (SSSR count). The fourth-order valence-corrected chi connectivity index (χ4v) is 3.24. The molecule has 0 heterocycles. The van der Waals surface area contributed by atoms with Crippen LogP contribution in [-0.4, -0.2) is 38.3 Å². The van der Waals surface area contributed by atoms with Crippen molar-refractivity contribution in [3.8, 4) is 0 Å². The van der Waals surface area contributed by atoms with E-state index in [0.29, 0.717) is 20.6 Å². The van der Waals surface area contributed by atoms with Gasteiger partial charge in [-0.2, -0.15) is 0 Å². The third kappa shape index (κ3) is 6.44. The zero-order chi connectivity index (χ0) is 19.1. The van der Waals surface area contributed by atoms with Gasteiger partial charge in [-0.25, -0.2) is 0 Å². The maximum absolute atomic E-state index is 11.9. The van der Waals surface area contributed by atoms with E-state index >= 15 is 0 Å². The number of nitrogens with one attached hydrogen (secondary N) is 1. The Bertz CT molecular complexity index is 783. The summed E-state index contributed by atoms with van der Waals surface area (Å²) in [5.41, 5.74) is 1.66. The quantitative estimate of drug-likeness (QED) is 0.541. The van der Waals surface area contributed by atoms with Crippen LogP contribution in [-0.2, 0) is 14.3 Å². The van der Waals surface area contributed by atoms with Gasteiger partial charge in [0.05, 0.1) is 10.8 Å². The molecule has 8 heteroatoms. The van der Waals surface area contributed by atoms with E-state index in [9.17, 15) is 9.59 Å². The van der Waals surface area contributed by atoms with Crippen molar-refractivity contribution >= 4 is 58.2 Å². The number of ether oxygens (including phenoxy) is 1. The summed E-state index contributed by atoms with van der Waals surface area (Å²) in [7, 11) is 3.86. The average Bonchev–Trinajstić information content (AvgIpc) is 2.61. The Morgan fingerprint density at radius 2 is 1.81 bits per heavy atom. The second kappa shape index (κ2) is 9.71. The van der Waals surface area contributed by atoms with Crippen LogP contribution in [0.5, 0.6) is 0 Å². The topological polar surface area (TPSA) is 58.6 Å². The molecule has 0 unspecified atom stereocenters. The molecule has 0 atom stereocenters. The number of carbonyl (C=O) groups is 2. The summed E-state index contributed by atoms with van der Waals surface area (Å²) in [5.74, 6) is -0.879. The van der Waals surface area contributed by atoms with Crippen LogP contribution in [0.3, 0.4) is 0 Å². The van der Waals surface area contributed by atoms with Crippen LogP contribution < -0.4 is 10.2 Å². The molecule has 26 heavy (non-hydrogen) atoms. The molecule has 2 aromatic rings. The van der Waals surface area contributed by atoms with Gasteiger partial charge in [-0.3, -0.25) is 9.59 Å². The fraction of sp³-hybridized carbons (Fsp3) is 0.222. The molecule has 0 aliphatic heterocycles. The zero-order valence-corrected chi connectivity index (χ0v) is 16.6. The predicted molar refractivity (Wildman–Crippen MR) is 108 cm³/mol. The summed E-state index contributed by atoms with van der Waals surface area (Å²) >= 11 is 13.1. The fourth-order valence-electron chi connectivity index (χ4n) is 1.95. The highest BCUT2D eigenvalue weighted by molar-refractivity contribution is 8.00. The highest BCUT2D eigenvalue weighted by Crippen LogP contribution is 2.29. The number of halogens is 2. The molecule has 138 valence electrons. The van der Waals surface area contributed by atoms with Gasteiger partial charge in [-0.1, -0.05) is 23.2 Å². The number of nitrogens with zero attached hydrogens (tertiary/aromatic N) is 1. The van der Waals surface area contributed by atoms with Crippen LogP contribution in [0.2, 0.25) is 10.0 Å². The van der Waals surface area contributed by atoms with E-state index in [4.69, 9.17) is 27.9 Å². The van der Waals surface area contributed by atoms with Gasteiger partial charge in [0.15, 0.2) is 6.61 Å².